The van der Waals surface area contributed by atoms with Crippen LogP contribution in [0.3, 0.4) is 0 Å². The van der Waals surface area contributed by atoms with Crippen LogP contribution in [0.2, 0.25) is 0 Å². The first kappa shape index (κ1) is 37.8. The molecule has 0 amide bonds. The molecule has 0 saturated heterocycles. The van der Waals surface area contributed by atoms with Gasteiger partial charge in [0.25, 0.3) is 0 Å². The minimum absolute atomic E-state index is 0.0712. The first-order valence-corrected chi connectivity index (χ1v) is 16.6. The zero-order valence-electron chi connectivity index (χ0n) is 28.0. The van der Waals surface area contributed by atoms with E-state index in [4.69, 9.17) is 35.4 Å². The van der Waals surface area contributed by atoms with E-state index in [1.807, 2.05) is 13.8 Å². The fourth-order valence-electron chi connectivity index (χ4n) is 6.49. The molecule has 0 spiro atoms. The van der Waals surface area contributed by atoms with Crippen LogP contribution in [-0.4, -0.2) is 78.0 Å². The molecule has 3 rings (SSSR count). The Morgan fingerprint density at radius 1 is 0.651 bits per heavy atom. The molecule has 1 aromatic carbocycles. The van der Waals surface area contributed by atoms with E-state index in [1.165, 1.54) is 56.9 Å². The highest BCUT2D eigenvalue weighted by Crippen LogP contribution is 2.44. The Morgan fingerprint density at radius 3 is 1.51 bits per heavy atom. The minimum Gasteiger partial charge on any atom is -0.507 e. The predicted octanol–water partition coefficient (Wildman–Crippen LogP) is 5.01. The summed E-state index contributed by atoms with van der Waals surface area (Å²) in [7, 11) is 0. The summed E-state index contributed by atoms with van der Waals surface area (Å²) in [5, 5.41) is 64.2. The minimum atomic E-state index is -1.64. The van der Waals surface area contributed by atoms with Crippen LogP contribution in [-0.2, 0) is 6.42 Å². The van der Waals surface area contributed by atoms with Gasteiger partial charge in [-0.05, 0) is 87.8 Å². The van der Waals surface area contributed by atoms with Crippen LogP contribution in [0.1, 0.15) is 121 Å². The molecule has 0 unspecified atom stereocenters. The fraction of sp³-hybridized carbons (Fsp3) is 0.829. The first-order valence-electron chi connectivity index (χ1n) is 16.6. The average Bonchev–Trinajstić information content (AvgIpc) is 2.96. The van der Waals surface area contributed by atoms with Crippen molar-refractivity contribution in [2.75, 3.05) is 0 Å². The lowest BCUT2D eigenvalue weighted by molar-refractivity contribution is -0.223. The highest BCUT2D eigenvalue weighted by molar-refractivity contribution is 5.58. The van der Waals surface area contributed by atoms with Gasteiger partial charge in [-0.2, -0.15) is 0 Å². The third-order valence-corrected chi connectivity index (χ3v) is 9.97. The van der Waals surface area contributed by atoms with Crippen LogP contribution < -0.4 is 4.74 Å². The Hall–Kier alpha value is -1.42. The lowest BCUT2D eigenvalue weighted by atomic mass is 9.84. The number of ether oxygens (including phenoxy) is 1. The van der Waals surface area contributed by atoms with E-state index in [9.17, 15) is 5.11 Å². The first-order chi connectivity index (χ1) is 20.0. The molecular formula is C35H62O8. The van der Waals surface area contributed by atoms with Crippen LogP contribution in [0.15, 0.2) is 0 Å². The summed E-state index contributed by atoms with van der Waals surface area (Å²) in [5.74, 6) is 4.04. The molecule has 250 valence electrons. The van der Waals surface area contributed by atoms with Gasteiger partial charge >= 0.3 is 0 Å². The molecular weight excluding hydrogens is 548 g/mol. The predicted molar refractivity (Wildman–Crippen MR) is 170 cm³/mol. The highest BCUT2D eigenvalue weighted by Gasteiger charge is 2.47. The molecule has 43 heavy (non-hydrogen) atoms. The summed E-state index contributed by atoms with van der Waals surface area (Å²) in [5.41, 5.74) is 4.23. The van der Waals surface area contributed by atoms with Gasteiger partial charge in [0.1, 0.15) is 53.7 Å². The molecule has 8 heteroatoms. The lowest BCUT2D eigenvalue weighted by Gasteiger charge is -2.39. The highest BCUT2D eigenvalue weighted by atomic mass is 16.5. The Labute approximate surface area is 260 Å². The zero-order chi connectivity index (χ0) is 32.6. The number of benzene rings is 1. The summed E-state index contributed by atoms with van der Waals surface area (Å²) in [6.45, 7) is 17.9. The lowest BCUT2D eigenvalue weighted by Crippen LogP contribution is -2.63. The largest absolute Gasteiger partial charge is 0.507 e. The second kappa shape index (κ2) is 16.8. The van der Waals surface area contributed by atoms with Gasteiger partial charge in [0.15, 0.2) is 0 Å². The Kier molecular flexibility index (Phi) is 14.7. The SMILES string of the molecule is Cc1c(C)c2c(c(C)c1O)CC[C@@](C)(CCC[C@H](C)CCC[C@H](C)CCCC(C)C)O2.OC1C(O)C(O)C(O)C(O)C1O. The molecule has 1 aliphatic heterocycles. The second-order valence-electron chi connectivity index (χ2n) is 14.4. The molecule has 1 heterocycles. The molecule has 2 aliphatic rings. The number of hydrogen-bond acceptors (Lipinski definition) is 8. The maximum absolute atomic E-state index is 10.4. The van der Waals surface area contributed by atoms with E-state index in [-0.39, 0.29) is 5.60 Å². The number of rotatable bonds is 12. The van der Waals surface area contributed by atoms with Crippen LogP contribution >= 0.6 is 0 Å². The second-order valence-corrected chi connectivity index (χ2v) is 14.4. The molecule has 0 bridgehead atoms. The van der Waals surface area contributed by atoms with Crippen LogP contribution in [0.4, 0.5) is 0 Å². The molecule has 1 saturated carbocycles. The standard InChI is InChI=1S/C29H50O2.C6H12O6/c1-20(2)12-9-13-21(3)14-10-15-22(4)16-11-18-29(8)19-17-26-25(7)27(30)23(5)24(6)28(26)31-29;7-1-2(8)4(10)6(12)5(11)3(1)9/h20-22,30H,9-19H2,1-8H3;1-12H/t21-,22-,29-;/m1./s1. The molecule has 0 aromatic heterocycles. The van der Waals surface area contributed by atoms with Crippen molar-refractivity contribution >= 4 is 0 Å². The Bertz CT molecular complexity index is 938. The van der Waals surface area contributed by atoms with Gasteiger partial charge in [0.05, 0.1) is 0 Å². The topological polar surface area (TPSA) is 151 Å². The average molecular weight is 611 g/mol. The van der Waals surface area contributed by atoms with Crippen molar-refractivity contribution in [2.24, 2.45) is 17.8 Å². The van der Waals surface area contributed by atoms with Gasteiger partial charge in [-0.1, -0.05) is 72.6 Å². The van der Waals surface area contributed by atoms with E-state index in [0.717, 1.165) is 59.5 Å². The number of phenols is 1. The van der Waals surface area contributed by atoms with E-state index >= 15 is 0 Å². The smallest absolute Gasteiger partial charge is 0.127 e. The maximum atomic E-state index is 10.4. The number of aliphatic hydroxyl groups is 6. The number of aromatic hydroxyl groups is 1. The van der Waals surface area contributed by atoms with Crippen molar-refractivity contribution in [2.45, 2.75) is 168 Å². The normalized spacial score (nSPS) is 30.2. The van der Waals surface area contributed by atoms with Gasteiger partial charge in [-0.25, -0.2) is 0 Å². The quantitative estimate of drug-likeness (QED) is 0.175. The molecule has 7 N–H and O–H groups in total. The van der Waals surface area contributed by atoms with Crippen LogP contribution in [0.25, 0.3) is 0 Å². The van der Waals surface area contributed by atoms with Crippen molar-refractivity contribution in [1.29, 1.82) is 0 Å². The maximum Gasteiger partial charge on any atom is 0.127 e. The van der Waals surface area contributed by atoms with Crippen molar-refractivity contribution in [3.63, 3.8) is 0 Å². The molecule has 1 aromatic rings. The van der Waals surface area contributed by atoms with Gasteiger partial charge in [-0.3, -0.25) is 0 Å². The van der Waals surface area contributed by atoms with E-state index < -0.39 is 36.6 Å². The molecule has 1 aliphatic carbocycles. The summed E-state index contributed by atoms with van der Waals surface area (Å²) in [6, 6.07) is 0. The van der Waals surface area contributed by atoms with Crippen molar-refractivity contribution in [3.8, 4) is 11.5 Å². The third-order valence-electron chi connectivity index (χ3n) is 9.97. The summed E-state index contributed by atoms with van der Waals surface area (Å²) in [4.78, 5) is 0. The van der Waals surface area contributed by atoms with Crippen molar-refractivity contribution in [3.05, 3.63) is 22.3 Å². The van der Waals surface area contributed by atoms with Gasteiger partial charge in [0.2, 0.25) is 0 Å². The molecule has 1 fully saturated rings. The van der Waals surface area contributed by atoms with Gasteiger partial charge < -0.3 is 40.5 Å². The van der Waals surface area contributed by atoms with Gasteiger partial charge in [0, 0.05) is 5.56 Å². The Balaban J connectivity index is 0.000000448. The Morgan fingerprint density at radius 2 is 1.07 bits per heavy atom. The van der Waals surface area contributed by atoms with Crippen molar-refractivity contribution < 1.29 is 40.5 Å². The molecule has 0 radical (unpaired) electrons. The summed E-state index contributed by atoms with van der Waals surface area (Å²) >= 11 is 0. The third kappa shape index (κ3) is 10.3. The summed E-state index contributed by atoms with van der Waals surface area (Å²) in [6.07, 6.45) is 4.21. The molecule has 8 nitrogen and oxygen atoms in total. The summed E-state index contributed by atoms with van der Waals surface area (Å²) < 4.78 is 6.60. The monoisotopic (exact) mass is 610 g/mol. The van der Waals surface area contributed by atoms with E-state index in [0.29, 0.717) is 5.75 Å². The van der Waals surface area contributed by atoms with Crippen LogP contribution in [0, 0.1) is 38.5 Å². The van der Waals surface area contributed by atoms with Crippen molar-refractivity contribution in [1.82, 2.24) is 0 Å². The van der Waals surface area contributed by atoms with E-state index in [2.05, 4.69) is 41.5 Å². The van der Waals surface area contributed by atoms with Crippen LogP contribution in [0.5, 0.6) is 11.5 Å². The zero-order valence-corrected chi connectivity index (χ0v) is 28.0. The number of hydrogen-bond donors (Lipinski definition) is 7. The fourth-order valence-corrected chi connectivity index (χ4v) is 6.49. The van der Waals surface area contributed by atoms with E-state index in [1.54, 1.807) is 0 Å². The molecule has 3 atom stereocenters. The number of fused-ring (bicyclic) bond motifs is 1. The number of aliphatic hydroxyl groups excluding tert-OH is 6. The number of phenolic OH excluding ortho intramolecular Hbond substituents is 1. The van der Waals surface area contributed by atoms with Gasteiger partial charge in [-0.15, -0.1) is 0 Å².